The van der Waals surface area contributed by atoms with Crippen molar-refractivity contribution in [3.05, 3.63) is 68.3 Å². The summed E-state index contributed by atoms with van der Waals surface area (Å²) in [5, 5.41) is 3.06. The zero-order chi connectivity index (χ0) is 14.7. The number of carbonyl (C=O) groups excluding carboxylic acids is 1. The molecule has 0 radical (unpaired) electrons. The Labute approximate surface area is 133 Å². The van der Waals surface area contributed by atoms with Crippen LogP contribution in [0, 0.1) is 17.4 Å². The van der Waals surface area contributed by atoms with Crippen LogP contribution in [0.4, 0.5) is 0 Å². The van der Waals surface area contributed by atoms with E-state index in [4.69, 9.17) is 0 Å². The van der Waals surface area contributed by atoms with Crippen molar-refractivity contribution in [1.82, 2.24) is 5.32 Å². The first kappa shape index (κ1) is 15.0. The van der Waals surface area contributed by atoms with Gasteiger partial charge in [0.1, 0.15) is 0 Å². The van der Waals surface area contributed by atoms with Crippen LogP contribution < -0.4 is 5.32 Å². The molecule has 2 aromatic carbocycles. The molecule has 3 heteroatoms. The number of halogens is 1. The summed E-state index contributed by atoms with van der Waals surface area (Å²) >= 11 is 2.19. The van der Waals surface area contributed by atoms with E-state index in [1.165, 1.54) is 11.1 Å². The molecule has 2 nitrogen and oxygen atoms in total. The van der Waals surface area contributed by atoms with Crippen molar-refractivity contribution in [3.63, 3.8) is 0 Å². The Bertz CT molecular complexity index is 637. The van der Waals surface area contributed by atoms with Crippen LogP contribution >= 0.6 is 22.6 Å². The molecule has 0 aromatic heterocycles. The SMILES string of the molecule is Cc1ccc(C(C)NC(=O)c2ccccc2I)cc1C. The topological polar surface area (TPSA) is 29.1 Å². The maximum atomic E-state index is 12.3. The second kappa shape index (κ2) is 6.39. The zero-order valence-corrected chi connectivity index (χ0v) is 14.1. The summed E-state index contributed by atoms with van der Waals surface area (Å²) in [5.74, 6) is -0.0271. The molecule has 2 rings (SSSR count). The lowest BCUT2D eigenvalue weighted by molar-refractivity contribution is 0.0939. The average Bonchev–Trinajstić information content (AvgIpc) is 2.42. The van der Waals surface area contributed by atoms with Crippen LogP contribution in [0.5, 0.6) is 0 Å². The number of amides is 1. The Morgan fingerprint density at radius 3 is 2.45 bits per heavy atom. The molecule has 1 unspecified atom stereocenters. The third kappa shape index (κ3) is 3.39. The molecule has 0 fully saturated rings. The van der Waals surface area contributed by atoms with Crippen LogP contribution in [0.3, 0.4) is 0 Å². The van der Waals surface area contributed by atoms with Gasteiger partial charge < -0.3 is 5.32 Å². The van der Waals surface area contributed by atoms with Crippen molar-refractivity contribution in [2.75, 3.05) is 0 Å². The molecule has 0 aliphatic heterocycles. The van der Waals surface area contributed by atoms with E-state index >= 15 is 0 Å². The zero-order valence-electron chi connectivity index (χ0n) is 11.9. The molecule has 0 aliphatic rings. The van der Waals surface area contributed by atoms with Crippen molar-refractivity contribution < 1.29 is 4.79 Å². The van der Waals surface area contributed by atoms with Gasteiger partial charge in [0.05, 0.1) is 11.6 Å². The van der Waals surface area contributed by atoms with Gasteiger partial charge in [0.15, 0.2) is 0 Å². The van der Waals surface area contributed by atoms with Gasteiger partial charge in [0.2, 0.25) is 0 Å². The van der Waals surface area contributed by atoms with Gasteiger partial charge in [-0.25, -0.2) is 0 Å². The molecule has 0 heterocycles. The highest BCUT2D eigenvalue weighted by atomic mass is 127. The molecule has 104 valence electrons. The fraction of sp³-hybridized carbons (Fsp3) is 0.235. The number of hydrogen-bond acceptors (Lipinski definition) is 1. The Balaban J connectivity index is 2.15. The first-order chi connectivity index (χ1) is 9.49. The fourth-order valence-electron chi connectivity index (χ4n) is 2.04. The van der Waals surface area contributed by atoms with Crippen molar-refractivity contribution in [2.45, 2.75) is 26.8 Å². The number of carbonyl (C=O) groups is 1. The van der Waals surface area contributed by atoms with Gasteiger partial charge >= 0.3 is 0 Å². The summed E-state index contributed by atoms with van der Waals surface area (Å²) < 4.78 is 0.967. The molecular formula is C17H18INO. The molecule has 0 saturated carbocycles. The second-order valence-corrected chi connectivity index (χ2v) is 6.18. The number of nitrogens with one attached hydrogen (secondary N) is 1. The lowest BCUT2D eigenvalue weighted by atomic mass is 10.0. The third-order valence-electron chi connectivity index (χ3n) is 3.50. The van der Waals surface area contributed by atoms with Crippen molar-refractivity contribution >= 4 is 28.5 Å². The van der Waals surface area contributed by atoms with E-state index in [9.17, 15) is 4.79 Å². The molecule has 0 bridgehead atoms. The van der Waals surface area contributed by atoms with E-state index < -0.39 is 0 Å². The summed E-state index contributed by atoms with van der Waals surface area (Å²) in [6, 6.07) is 13.9. The minimum Gasteiger partial charge on any atom is -0.345 e. The maximum absolute atomic E-state index is 12.3. The highest BCUT2D eigenvalue weighted by Crippen LogP contribution is 2.18. The van der Waals surface area contributed by atoms with Gasteiger partial charge in [-0.3, -0.25) is 4.79 Å². The molecule has 20 heavy (non-hydrogen) atoms. The molecule has 2 aromatic rings. The Morgan fingerprint density at radius 2 is 1.80 bits per heavy atom. The van der Waals surface area contributed by atoms with Gasteiger partial charge in [-0.05, 0) is 72.2 Å². The van der Waals surface area contributed by atoms with Crippen LogP contribution in [0.15, 0.2) is 42.5 Å². The number of aryl methyl sites for hydroxylation is 2. The Morgan fingerprint density at radius 1 is 1.10 bits per heavy atom. The summed E-state index contributed by atoms with van der Waals surface area (Å²) in [7, 11) is 0. The maximum Gasteiger partial charge on any atom is 0.252 e. The first-order valence-electron chi connectivity index (χ1n) is 6.61. The van der Waals surface area contributed by atoms with E-state index in [2.05, 4.69) is 60.0 Å². The monoisotopic (exact) mass is 379 g/mol. The normalized spacial score (nSPS) is 12.0. The lowest BCUT2D eigenvalue weighted by Gasteiger charge is -2.16. The number of rotatable bonds is 3. The van der Waals surface area contributed by atoms with Crippen molar-refractivity contribution in [3.8, 4) is 0 Å². The molecule has 1 atom stereocenters. The molecule has 0 saturated heterocycles. The van der Waals surface area contributed by atoms with Crippen LogP contribution in [0.2, 0.25) is 0 Å². The standard InChI is InChI=1S/C17H18INO/c1-11-8-9-14(10-12(11)2)13(3)19-17(20)15-6-4-5-7-16(15)18/h4-10,13H,1-3H3,(H,19,20). The van der Waals surface area contributed by atoms with Crippen LogP contribution in [-0.4, -0.2) is 5.91 Å². The Kier molecular flexibility index (Phi) is 4.81. The summed E-state index contributed by atoms with van der Waals surface area (Å²) in [4.78, 5) is 12.3. The average molecular weight is 379 g/mol. The Hall–Kier alpha value is -1.36. The smallest absolute Gasteiger partial charge is 0.252 e. The minimum atomic E-state index is -0.0271. The molecule has 0 spiro atoms. The third-order valence-corrected chi connectivity index (χ3v) is 4.44. The van der Waals surface area contributed by atoms with Gasteiger partial charge in [-0.2, -0.15) is 0 Å². The quantitative estimate of drug-likeness (QED) is 0.787. The van der Waals surface area contributed by atoms with Crippen LogP contribution in [0.25, 0.3) is 0 Å². The summed E-state index contributed by atoms with van der Waals surface area (Å²) in [5.41, 5.74) is 4.37. The van der Waals surface area contributed by atoms with Crippen LogP contribution in [-0.2, 0) is 0 Å². The van der Waals surface area contributed by atoms with Crippen molar-refractivity contribution in [2.24, 2.45) is 0 Å². The first-order valence-corrected chi connectivity index (χ1v) is 7.69. The minimum absolute atomic E-state index is 0.00203. The molecule has 1 N–H and O–H groups in total. The lowest BCUT2D eigenvalue weighted by Crippen LogP contribution is -2.27. The van der Waals surface area contributed by atoms with E-state index in [1.54, 1.807) is 0 Å². The fourth-order valence-corrected chi connectivity index (χ4v) is 2.67. The highest BCUT2D eigenvalue weighted by Gasteiger charge is 2.13. The van der Waals surface area contributed by atoms with E-state index in [0.717, 1.165) is 14.7 Å². The van der Waals surface area contributed by atoms with E-state index in [1.807, 2.05) is 31.2 Å². The number of hydrogen-bond donors (Lipinski definition) is 1. The van der Waals surface area contributed by atoms with E-state index in [-0.39, 0.29) is 11.9 Å². The molecule has 0 aliphatic carbocycles. The van der Waals surface area contributed by atoms with Crippen molar-refractivity contribution in [1.29, 1.82) is 0 Å². The highest BCUT2D eigenvalue weighted by molar-refractivity contribution is 14.1. The van der Waals surface area contributed by atoms with Gasteiger partial charge in [0.25, 0.3) is 5.91 Å². The van der Waals surface area contributed by atoms with E-state index in [0.29, 0.717) is 0 Å². The van der Waals surface area contributed by atoms with Crippen LogP contribution in [0.1, 0.15) is 40.0 Å². The summed E-state index contributed by atoms with van der Waals surface area (Å²) in [6.45, 7) is 6.19. The summed E-state index contributed by atoms with van der Waals surface area (Å²) in [6.07, 6.45) is 0. The largest absolute Gasteiger partial charge is 0.345 e. The molecular weight excluding hydrogens is 361 g/mol. The molecule has 1 amide bonds. The predicted molar refractivity (Wildman–Crippen MR) is 91.0 cm³/mol. The van der Waals surface area contributed by atoms with Gasteiger partial charge in [-0.1, -0.05) is 30.3 Å². The number of benzene rings is 2. The predicted octanol–water partition coefficient (Wildman–Crippen LogP) is 4.40. The second-order valence-electron chi connectivity index (χ2n) is 5.02. The van der Waals surface area contributed by atoms with Gasteiger partial charge in [-0.15, -0.1) is 0 Å². The van der Waals surface area contributed by atoms with Gasteiger partial charge in [0, 0.05) is 3.57 Å².